The molecule has 0 aliphatic rings. The summed E-state index contributed by atoms with van der Waals surface area (Å²) < 4.78 is 0. The Kier molecular flexibility index (Phi) is 3.57. The molecule has 2 heterocycles. The molecular weight excluding hydrogens is 248 g/mol. The molecule has 0 bridgehead atoms. The lowest BCUT2D eigenvalue weighted by molar-refractivity contribution is -0.112. The minimum Gasteiger partial charge on any atom is -0.281 e. The van der Waals surface area contributed by atoms with Gasteiger partial charge in [0.05, 0.1) is 5.92 Å². The van der Waals surface area contributed by atoms with Gasteiger partial charge in [0, 0.05) is 9.75 Å². The molecule has 0 aliphatic heterocycles. The van der Waals surface area contributed by atoms with Crippen molar-refractivity contribution in [2.75, 3.05) is 0 Å². The van der Waals surface area contributed by atoms with Gasteiger partial charge in [-0.15, -0.1) is 22.7 Å². The standard InChI is InChI=1S/C11H9ClOS2/c12-11(13)9(10-4-2-6-15-10)7-8-3-1-5-14-8/h1-6,9H,7H2. The normalized spacial score (nSPS) is 12.6. The first-order chi connectivity index (χ1) is 7.27. The van der Waals surface area contributed by atoms with Gasteiger partial charge in [-0.25, -0.2) is 0 Å². The number of hydrogen-bond acceptors (Lipinski definition) is 3. The van der Waals surface area contributed by atoms with Crippen LogP contribution in [-0.4, -0.2) is 5.24 Å². The van der Waals surface area contributed by atoms with Crippen molar-refractivity contribution in [1.29, 1.82) is 0 Å². The van der Waals surface area contributed by atoms with Crippen LogP contribution in [0.3, 0.4) is 0 Å². The lowest BCUT2D eigenvalue weighted by Crippen LogP contribution is -2.07. The zero-order valence-electron chi connectivity index (χ0n) is 7.85. The van der Waals surface area contributed by atoms with E-state index in [4.69, 9.17) is 11.6 Å². The third-order valence-electron chi connectivity index (χ3n) is 2.15. The monoisotopic (exact) mass is 256 g/mol. The smallest absolute Gasteiger partial charge is 0.230 e. The summed E-state index contributed by atoms with van der Waals surface area (Å²) in [7, 11) is 0. The summed E-state index contributed by atoms with van der Waals surface area (Å²) in [6, 6.07) is 7.93. The number of halogens is 1. The molecule has 2 aromatic rings. The highest BCUT2D eigenvalue weighted by Gasteiger charge is 2.20. The van der Waals surface area contributed by atoms with E-state index in [-0.39, 0.29) is 11.2 Å². The van der Waals surface area contributed by atoms with Gasteiger partial charge in [-0.2, -0.15) is 0 Å². The Balaban J connectivity index is 2.18. The fourth-order valence-corrected chi connectivity index (χ4v) is 3.25. The molecule has 2 rings (SSSR count). The zero-order chi connectivity index (χ0) is 10.7. The molecule has 78 valence electrons. The number of carbonyl (C=O) groups is 1. The average Bonchev–Trinajstić information content (AvgIpc) is 2.87. The minimum absolute atomic E-state index is 0.190. The fraction of sp³-hybridized carbons (Fsp3) is 0.182. The number of rotatable bonds is 4. The summed E-state index contributed by atoms with van der Waals surface area (Å²) in [5.74, 6) is -0.190. The lowest BCUT2D eigenvalue weighted by atomic mass is 10.0. The highest BCUT2D eigenvalue weighted by Crippen LogP contribution is 2.28. The molecule has 4 heteroatoms. The molecule has 0 radical (unpaired) electrons. The van der Waals surface area contributed by atoms with Crippen LogP contribution in [0.15, 0.2) is 35.0 Å². The molecule has 1 atom stereocenters. The van der Waals surface area contributed by atoms with Crippen molar-refractivity contribution in [3.8, 4) is 0 Å². The Labute approximate surface area is 101 Å². The maximum Gasteiger partial charge on any atom is 0.230 e. The van der Waals surface area contributed by atoms with E-state index < -0.39 is 0 Å². The predicted molar refractivity (Wildman–Crippen MR) is 65.9 cm³/mol. The minimum atomic E-state index is -0.272. The van der Waals surface area contributed by atoms with Gasteiger partial charge < -0.3 is 0 Å². The largest absolute Gasteiger partial charge is 0.281 e. The summed E-state index contributed by atoms with van der Waals surface area (Å²) in [6.45, 7) is 0. The SMILES string of the molecule is O=C(Cl)C(Cc1cccs1)c1cccs1. The van der Waals surface area contributed by atoms with E-state index in [1.807, 2.05) is 35.0 Å². The van der Waals surface area contributed by atoms with Crippen molar-refractivity contribution in [1.82, 2.24) is 0 Å². The summed E-state index contributed by atoms with van der Waals surface area (Å²) in [5, 5.41) is 3.71. The Hall–Kier alpha value is -0.640. The molecule has 0 saturated carbocycles. The Morgan fingerprint density at radius 1 is 1.27 bits per heavy atom. The van der Waals surface area contributed by atoms with Crippen molar-refractivity contribution in [3.63, 3.8) is 0 Å². The van der Waals surface area contributed by atoms with Gasteiger partial charge >= 0.3 is 0 Å². The van der Waals surface area contributed by atoms with E-state index in [2.05, 4.69) is 0 Å². The average molecular weight is 257 g/mol. The molecule has 0 aromatic carbocycles. The van der Waals surface area contributed by atoms with Gasteiger partial charge in [-0.3, -0.25) is 4.79 Å². The molecule has 0 N–H and O–H groups in total. The van der Waals surface area contributed by atoms with E-state index in [0.29, 0.717) is 6.42 Å². The van der Waals surface area contributed by atoms with E-state index in [0.717, 1.165) is 4.88 Å². The number of carbonyl (C=O) groups excluding carboxylic acids is 1. The summed E-state index contributed by atoms with van der Waals surface area (Å²) >= 11 is 8.86. The van der Waals surface area contributed by atoms with Gasteiger partial charge in [-0.05, 0) is 40.9 Å². The second-order valence-electron chi connectivity index (χ2n) is 3.16. The maximum absolute atomic E-state index is 11.3. The van der Waals surface area contributed by atoms with Gasteiger partial charge in [-0.1, -0.05) is 12.1 Å². The molecule has 0 saturated heterocycles. The second kappa shape index (κ2) is 4.92. The van der Waals surface area contributed by atoms with Gasteiger partial charge in [0.1, 0.15) is 0 Å². The molecular formula is C11H9ClOS2. The highest BCUT2D eigenvalue weighted by atomic mass is 35.5. The molecule has 0 fully saturated rings. The summed E-state index contributed by atoms with van der Waals surface area (Å²) in [4.78, 5) is 13.6. The van der Waals surface area contributed by atoms with Crippen molar-refractivity contribution >= 4 is 39.5 Å². The van der Waals surface area contributed by atoms with E-state index in [9.17, 15) is 4.79 Å². The molecule has 0 amide bonds. The van der Waals surface area contributed by atoms with Crippen LogP contribution in [-0.2, 0) is 11.2 Å². The van der Waals surface area contributed by atoms with Crippen LogP contribution in [0.4, 0.5) is 0 Å². The molecule has 15 heavy (non-hydrogen) atoms. The van der Waals surface area contributed by atoms with Gasteiger partial charge in [0.15, 0.2) is 0 Å². The summed E-state index contributed by atoms with van der Waals surface area (Å²) in [5.41, 5.74) is 0. The van der Waals surface area contributed by atoms with Crippen LogP contribution >= 0.6 is 34.3 Å². The molecule has 1 nitrogen and oxygen atoms in total. The molecule has 2 aromatic heterocycles. The van der Waals surface area contributed by atoms with E-state index in [1.165, 1.54) is 4.88 Å². The number of hydrogen-bond donors (Lipinski definition) is 0. The van der Waals surface area contributed by atoms with Crippen LogP contribution in [0, 0.1) is 0 Å². The van der Waals surface area contributed by atoms with E-state index in [1.54, 1.807) is 22.7 Å². The van der Waals surface area contributed by atoms with Crippen LogP contribution in [0.2, 0.25) is 0 Å². The van der Waals surface area contributed by atoms with Crippen LogP contribution < -0.4 is 0 Å². The fourth-order valence-electron chi connectivity index (χ4n) is 1.41. The lowest BCUT2D eigenvalue weighted by Gasteiger charge is -2.08. The Bertz CT molecular complexity index is 419. The van der Waals surface area contributed by atoms with Gasteiger partial charge in [0.2, 0.25) is 5.24 Å². The van der Waals surface area contributed by atoms with Crippen LogP contribution in [0.5, 0.6) is 0 Å². The third-order valence-corrected chi connectivity index (χ3v) is 4.29. The molecule has 1 unspecified atom stereocenters. The Morgan fingerprint density at radius 3 is 2.53 bits per heavy atom. The van der Waals surface area contributed by atoms with Crippen molar-refractivity contribution < 1.29 is 4.79 Å². The highest BCUT2D eigenvalue weighted by molar-refractivity contribution is 7.10. The third kappa shape index (κ3) is 2.68. The Morgan fingerprint density at radius 2 is 2.00 bits per heavy atom. The predicted octanol–water partition coefficient (Wildman–Crippen LogP) is 3.90. The summed E-state index contributed by atoms with van der Waals surface area (Å²) in [6.07, 6.45) is 0.709. The van der Waals surface area contributed by atoms with Crippen LogP contribution in [0.25, 0.3) is 0 Å². The zero-order valence-corrected chi connectivity index (χ0v) is 10.2. The van der Waals surface area contributed by atoms with Crippen LogP contribution in [0.1, 0.15) is 15.7 Å². The van der Waals surface area contributed by atoms with Gasteiger partial charge in [0.25, 0.3) is 0 Å². The number of thiophene rings is 2. The molecule has 0 aliphatic carbocycles. The first-order valence-corrected chi connectivity index (χ1v) is 6.66. The quantitative estimate of drug-likeness (QED) is 0.759. The first kappa shape index (κ1) is 10.9. The second-order valence-corrected chi connectivity index (χ2v) is 5.54. The van der Waals surface area contributed by atoms with E-state index >= 15 is 0 Å². The van der Waals surface area contributed by atoms with Crippen molar-refractivity contribution in [3.05, 3.63) is 44.8 Å². The maximum atomic E-state index is 11.3. The van der Waals surface area contributed by atoms with Crippen molar-refractivity contribution in [2.45, 2.75) is 12.3 Å². The topological polar surface area (TPSA) is 17.1 Å². The molecule has 0 spiro atoms. The first-order valence-electron chi connectivity index (χ1n) is 4.52. The van der Waals surface area contributed by atoms with Crippen molar-refractivity contribution in [2.24, 2.45) is 0 Å².